The molecule has 1 aromatic heterocycles. The van der Waals surface area contributed by atoms with E-state index in [1.807, 2.05) is 13.0 Å². The number of aromatic nitrogens is 1. The van der Waals surface area contributed by atoms with Crippen molar-refractivity contribution in [1.82, 2.24) is 20.7 Å². The van der Waals surface area contributed by atoms with Crippen LogP contribution in [-0.2, 0) is 17.8 Å². The number of nitrogens with one attached hydrogen (secondary N) is 2. The average molecular weight is 344 g/mol. The fraction of sp³-hybridized carbons (Fsp3) is 0.444. The van der Waals surface area contributed by atoms with E-state index < -0.39 is 0 Å². The van der Waals surface area contributed by atoms with Gasteiger partial charge in [0.15, 0.2) is 0 Å². The molecule has 1 aromatic carbocycles. The number of nitrogens with zero attached hydrogens (tertiary/aromatic N) is 2. The summed E-state index contributed by atoms with van der Waals surface area (Å²) in [6.45, 7) is 5.55. The zero-order valence-electron chi connectivity index (χ0n) is 14.4. The molecule has 7 heteroatoms. The Morgan fingerprint density at radius 2 is 2.20 bits per heavy atom. The summed E-state index contributed by atoms with van der Waals surface area (Å²) in [4.78, 5) is 14.4. The standard InChI is InChI=1S/C18H24N4O3/c1-14(20-18(23)19-11-16-7-9-25-21-16)17-13-22(8-10-24-17)12-15-5-3-2-4-6-15/h2-7,9,14,17H,8,10-13H2,1H3,(H2,19,20,23)/t14-,17+/m1/s1. The van der Waals surface area contributed by atoms with Gasteiger partial charge >= 0.3 is 6.03 Å². The van der Waals surface area contributed by atoms with Gasteiger partial charge < -0.3 is 19.9 Å². The van der Waals surface area contributed by atoms with E-state index in [9.17, 15) is 4.79 Å². The number of hydrogen-bond donors (Lipinski definition) is 2. The molecule has 2 amide bonds. The topological polar surface area (TPSA) is 79.6 Å². The number of carbonyl (C=O) groups excluding carboxylic acids is 1. The molecule has 1 aliphatic heterocycles. The summed E-state index contributed by atoms with van der Waals surface area (Å²) < 4.78 is 10.6. The minimum absolute atomic E-state index is 0.0322. The highest BCUT2D eigenvalue weighted by molar-refractivity contribution is 5.74. The van der Waals surface area contributed by atoms with Gasteiger partial charge in [-0.05, 0) is 12.5 Å². The first-order chi connectivity index (χ1) is 12.2. The molecular weight excluding hydrogens is 320 g/mol. The van der Waals surface area contributed by atoms with E-state index in [-0.39, 0.29) is 18.2 Å². The van der Waals surface area contributed by atoms with Gasteiger partial charge in [0.25, 0.3) is 0 Å². The molecule has 0 unspecified atom stereocenters. The zero-order valence-corrected chi connectivity index (χ0v) is 14.4. The summed E-state index contributed by atoms with van der Waals surface area (Å²) in [5, 5.41) is 9.46. The Labute approximate surface area is 147 Å². The fourth-order valence-electron chi connectivity index (χ4n) is 2.87. The number of morpholine rings is 1. The molecule has 134 valence electrons. The Morgan fingerprint density at radius 1 is 1.36 bits per heavy atom. The van der Waals surface area contributed by atoms with E-state index >= 15 is 0 Å². The number of amides is 2. The van der Waals surface area contributed by atoms with Crippen LogP contribution in [-0.4, -0.2) is 47.9 Å². The highest BCUT2D eigenvalue weighted by Gasteiger charge is 2.26. The van der Waals surface area contributed by atoms with Crippen molar-refractivity contribution in [2.24, 2.45) is 0 Å². The van der Waals surface area contributed by atoms with Crippen molar-refractivity contribution in [1.29, 1.82) is 0 Å². The molecule has 0 spiro atoms. The lowest BCUT2D eigenvalue weighted by Crippen LogP contribution is -2.53. The molecule has 2 aromatic rings. The van der Waals surface area contributed by atoms with Crippen LogP contribution in [0.15, 0.2) is 47.2 Å². The number of rotatable bonds is 6. The van der Waals surface area contributed by atoms with Crippen molar-refractivity contribution in [3.8, 4) is 0 Å². The fourth-order valence-corrected chi connectivity index (χ4v) is 2.87. The molecule has 1 fully saturated rings. The summed E-state index contributed by atoms with van der Waals surface area (Å²) in [5.41, 5.74) is 1.97. The van der Waals surface area contributed by atoms with Crippen molar-refractivity contribution in [3.63, 3.8) is 0 Å². The van der Waals surface area contributed by atoms with Crippen molar-refractivity contribution >= 4 is 6.03 Å². The van der Waals surface area contributed by atoms with Gasteiger partial charge in [-0.1, -0.05) is 35.5 Å². The Balaban J connectivity index is 1.44. The summed E-state index contributed by atoms with van der Waals surface area (Å²) in [6.07, 6.45) is 1.45. The van der Waals surface area contributed by atoms with Gasteiger partial charge in [0.2, 0.25) is 0 Å². The molecule has 2 heterocycles. The van der Waals surface area contributed by atoms with Crippen LogP contribution in [0.3, 0.4) is 0 Å². The lowest BCUT2D eigenvalue weighted by molar-refractivity contribution is -0.0442. The third-order valence-corrected chi connectivity index (χ3v) is 4.26. The maximum atomic E-state index is 12.0. The minimum atomic E-state index is -0.237. The second-order valence-electron chi connectivity index (χ2n) is 6.24. The normalized spacial score (nSPS) is 19.3. The molecule has 0 bridgehead atoms. The highest BCUT2D eigenvalue weighted by Crippen LogP contribution is 2.12. The van der Waals surface area contributed by atoms with Crippen LogP contribution in [0, 0.1) is 0 Å². The summed E-state index contributed by atoms with van der Waals surface area (Å²) in [6, 6.07) is 11.8. The van der Waals surface area contributed by atoms with E-state index in [2.05, 4.69) is 45.0 Å². The van der Waals surface area contributed by atoms with Crippen molar-refractivity contribution < 1.29 is 14.1 Å². The molecule has 3 rings (SSSR count). The van der Waals surface area contributed by atoms with Crippen LogP contribution in [0.1, 0.15) is 18.2 Å². The molecular formula is C18H24N4O3. The van der Waals surface area contributed by atoms with E-state index in [1.165, 1.54) is 11.8 Å². The van der Waals surface area contributed by atoms with Gasteiger partial charge in [-0.25, -0.2) is 4.79 Å². The van der Waals surface area contributed by atoms with Gasteiger partial charge in [-0.15, -0.1) is 0 Å². The minimum Gasteiger partial charge on any atom is -0.373 e. The predicted molar refractivity (Wildman–Crippen MR) is 92.8 cm³/mol. The van der Waals surface area contributed by atoms with Gasteiger partial charge in [0.05, 0.1) is 25.3 Å². The molecule has 0 radical (unpaired) electrons. The van der Waals surface area contributed by atoms with E-state index in [0.717, 1.165) is 19.6 Å². The lowest BCUT2D eigenvalue weighted by Gasteiger charge is -2.36. The molecule has 0 aliphatic carbocycles. The van der Waals surface area contributed by atoms with Gasteiger partial charge in [-0.2, -0.15) is 0 Å². The largest absolute Gasteiger partial charge is 0.373 e. The molecule has 1 saturated heterocycles. The first-order valence-corrected chi connectivity index (χ1v) is 8.52. The number of hydrogen-bond acceptors (Lipinski definition) is 5. The maximum absolute atomic E-state index is 12.0. The van der Waals surface area contributed by atoms with Crippen molar-refractivity contribution in [3.05, 3.63) is 53.9 Å². The molecule has 0 saturated carbocycles. The SMILES string of the molecule is C[C@@H](NC(=O)NCc1ccon1)[C@@H]1CN(Cc2ccccc2)CCO1. The Kier molecular flexibility index (Phi) is 6.03. The second-order valence-corrected chi connectivity index (χ2v) is 6.24. The van der Waals surface area contributed by atoms with Crippen molar-refractivity contribution in [2.75, 3.05) is 19.7 Å². The molecule has 2 N–H and O–H groups in total. The summed E-state index contributed by atoms with van der Waals surface area (Å²) >= 11 is 0. The first-order valence-electron chi connectivity index (χ1n) is 8.52. The Morgan fingerprint density at radius 3 is 2.96 bits per heavy atom. The smallest absolute Gasteiger partial charge is 0.315 e. The summed E-state index contributed by atoms with van der Waals surface area (Å²) in [5.74, 6) is 0. The molecule has 25 heavy (non-hydrogen) atoms. The summed E-state index contributed by atoms with van der Waals surface area (Å²) in [7, 11) is 0. The zero-order chi connectivity index (χ0) is 17.5. The van der Waals surface area contributed by atoms with Crippen LogP contribution in [0.2, 0.25) is 0 Å². The highest BCUT2D eigenvalue weighted by atomic mass is 16.5. The van der Waals surface area contributed by atoms with Crippen LogP contribution >= 0.6 is 0 Å². The monoisotopic (exact) mass is 344 g/mol. The molecule has 1 aliphatic rings. The van der Waals surface area contributed by atoms with E-state index in [0.29, 0.717) is 18.8 Å². The third-order valence-electron chi connectivity index (χ3n) is 4.26. The first kappa shape index (κ1) is 17.4. The number of carbonyl (C=O) groups is 1. The quantitative estimate of drug-likeness (QED) is 0.835. The number of urea groups is 1. The van der Waals surface area contributed by atoms with Gasteiger partial charge in [0, 0.05) is 25.7 Å². The Bertz CT molecular complexity index is 648. The average Bonchev–Trinajstić information content (AvgIpc) is 3.15. The van der Waals surface area contributed by atoms with Crippen LogP contribution in [0.25, 0.3) is 0 Å². The van der Waals surface area contributed by atoms with Crippen LogP contribution < -0.4 is 10.6 Å². The number of benzene rings is 1. The van der Waals surface area contributed by atoms with Crippen LogP contribution in [0.4, 0.5) is 4.79 Å². The molecule has 2 atom stereocenters. The lowest BCUT2D eigenvalue weighted by atomic mass is 10.1. The van der Waals surface area contributed by atoms with Crippen molar-refractivity contribution in [2.45, 2.75) is 32.2 Å². The van der Waals surface area contributed by atoms with Gasteiger partial charge in [0.1, 0.15) is 12.0 Å². The Hall–Kier alpha value is -2.38. The predicted octanol–water partition coefficient (Wildman–Crippen LogP) is 1.76. The number of ether oxygens (including phenoxy) is 1. The van der Waals surface area contributed by atoms with Gasteiger partial charge in [-0.3, -0.25) is 4.90 Å². The second kappa shape index (κ2) is 8.64. The third kappa shape index (κ3) is 5.30. The van der Waals surface area contributed by atoms with E-state index in [4.69, 9.17) is 9.26 Å². The van der Waals surface area contributed by atoms with E-state index in [1.54, 1.807) is 6.07 Å². The van der Waals surface area contributed by atoms with Crippen LogP contribution in [0.5, 0.6) is 0 Å². The molecule has 7 nitrogen and oxygen atoms in total. The maximum Gasteiger partial charge on any atom is 0.315 e.